The molecule has 1 unspecified atom stereocenters. The van der Waals surface area contributed by atoms with Gasteiger partial charge in [0.15, 0.2) is 0 Å². The maximum Gasteiger partial charge on any atom is 0.138 e. The van der Waals surface area contributed by atoms with Crippen molar-refractivity contribution in [3.63, 3.8) is 0 Å². The Morgan fingerprint density at radius 1 is 1.53 bits per heavy atom. The summed E-state index contributed by atoms with van der Waals surface area (Å²) >= 11 is 0. The molecular weight excluding hydrogens is 212 g/mol. The molecule has 1 aliphatic rings. The van der Waals surface area contributed by atoms with E-state index in [9.17, 15) is 0 Å². The van der Waals surface area contributed by atoms with Gasteiger partial charge in [-0.3, -0.25) is 4.68 Å². The van der Waals surface area contributed by atoms with Gasteiger partial charge in [0.2, 0.25) is 0 Å². The van der Waals surface area contributed by atoms with Gasteiger partial charge >= 0.3 is 0 Å². The summed E-state index contributed by atoms with van der Waals surface area (Å²) in [6.45, 7) is 3.32. The van der Waals surface area contributed by atoms with Crippen molar-refractivity contribution >= 4 is 0 Å². The first-order chi connectivity index (χ1) is 8.29. The molecule has 17 heavy (non-hydrogen) atoms. The molecule has 0 radical (unpaired) electrons. The third-order valence-electron chi connectivity index (χ3n) is 3.76. The summed E-state index contributed by atoms with van der Waals surface area (Å²) < 4.78 is 1.89. The van der Waals surface area contributed by atoms with Crippen LogP contribution in [0.25, 0.3) is 0 Å². The fraction of sp³-hybridized carbons (Fsp3) is 0.846. The van der Waals surface area contributed by atoms with E-state index in [2.05, 4.69) is 22.3 Å². The number of rotatable bonds is 7. The zero-order chi connectivity index (χ0) is 12.1. The van der Waals surface area contributed by atoms with Crippen LogP contribution in [0.3, 0.4) is 0 Å². The predicted octanol–water partition coefficient (Wildman–Crippen LogP) is 1.92. The number of hydrogen-bond acceptors (Lipinski definition) is 3. The first kappa shape index (κ1) is 12.6. The molecule has 0 amide bonds. The Hall–Kier alpha value is -0.900. The highest BCUT2D eigenvalue weighted by Gasteiger charge is 2.22. The molecule has 0 spiro atoms. The van der Waals surface area contributed by atoms with Crippen molar-refractivity contribution in [3.8, 4) is 0 Å². The van der Waals surface area contributed by atoms with E-state index >= 15 is 0 Å². The van der Waals surface area contributed by atoms with Gasteiger partial charge in [-0.1, -0.05) is 26.2 Å². The highest BCUT2D eigenvalue weighted by Crippen LogP contribution is 2.30. The predicted molar refractivity (Wildman–Crippen MR) is 68.7 cm³/mol. The van der Waals surface area contributed by atoms with E-state index < -0.39 is 0 Å². The molecule has 1 aliphatic carbocycles. The van der Waals surface area contributed by atoms with Crippen molar-refractivity contribution in [1.82, 2.24) is 20.1 Å². The lowest BCUT2D eigenvalue weighted by Crippen LogP contribution is -2.35. The second-order valence-corrected chi connectivity index (χ2v) is 5.19. The summed E-state index contributed by atoms with van der Waals surface area (Å²) in [6, 6.07) is 0.572. The van der Waals surface area contributed by atoms with Gasteiger partial charge in [0, 0.05) is 19.5 Å². The maximum absolute atomic E-state index is 4.33. The Kier molecular flexibility index (Phi) is 4.54. The normalized spacial score (nSPS) is 18.0. The van der Waals surface area contributed by atoms with Crippen molar-refractivity contribution in [3.05, 3.63) is 12.2 Å². The molecule has 4 heteroatoms. The Balaban J connectivity index is 1.87. The van der Waals surface area contributed by atoms with E-state index in [1.807, 2.05) is 11.7 Å². The minimum atomic E-state index is 0.572. The van der Waals surface area contributed by atoms with Crippen molar-refractivity contribution < 1.29 is 0 Å². The van der Waals surface area contributed by atoms with Crippen LogP contribution in [-0.2, 0) is 13.5 Å². The van der Waals surface area contributed by atoms with Crippen LogP contribution in [0.1, 0.15) is 44.9 Å². The molecule has 1 aromatic rings. The van der Waals surface area contributed by atoms with Crippen LogP contribution in [0.5, 0.6) is 0 Å². The van der Waals surface area contributed by atoms with Gasteiger partial charge in [-0.25, -0.2) is 4.98 Å². The minimum absolute atomic E-state index is 0.572. The smallest absolute Gasteiger partial charge is 0.138 e. The number of nitrogens with zero attached hydrogens (tertiary/aromatic N) is 3. The molecule has 2 rings (SSSR count). The lowest BCUT2D eigenvalue weighted by atomic mass is 9.80. The van der Waals surface area contributed by atoms with Crippen LogP contribution in [0.4, 0.5) is 0 Å². The third kappa shape index (κ3) is 3.53. The van der Waals surface area contributed by atoms with Crippen LogP contribution >= 0.6 is 0 Å². The highest BCUT2D eigenvalue weighted by molar-refractivity contribution is 4.90. The lowest BCUT2D eigenvalue weighted by Gasteiger charge is -2.30. The molecule has 1 heterocycles. The zero-order valence-electron chi connectivity index (χ0n) is 11.0. The SMILES string of the molecule is CCCNC(Cc1ncnn1C)CC1CCC1. The third-order valence-corrected chi connectivity index (χ3v) is 3.76. The van der Waals surface area contributed by atoms with Gasteiger partial charge in [-0.05, 0) is 25.3 Å². The maximum atomic E-state index is 4.33. The van der Waals surface area contributed by atoms with Gasteiger partial charge < -0.3 is 5.32 Å². The van der Waals surface area contributed by atoms with Gasteiger partial charge in [0.1, 0.15) is 12.2 Å². The molecule has 1 N–H and O–H groups in total. The standard InChI is InChI=1S/C13H24N4/c1-3-7-14-12(8-11-5-4-6-11)9-13-15-10-16-17(13)2/h10-12,14H,3-9H2,1-2H3. The zero-order valence-corrected chi connectivity index (χ0v) is 11.0. The second kappa shape index (κ2) is 6.15. The topological polar surface area (TPSA) is 42.7 Å². The summed E-state index contributed by atoms with van der Waals surface area (Å²) in [5.41, 5.74) is 0. The monoisotopic (exact) mass is 236 g/mol. The Morgan fingerprint density at radius 3 is 2.88 bits per heavy atom. The molecule has 1 saturated carbocycles. The average molecular weight is 236 g/mol. The summed E-state index contributed by atoms with van der Waals surface area (Å²) in [4.78, 5) is 4.33. The minimum Gasteiger partial charge on any atom is -0.314 e. The molecule has 1 aromatic heterocycles. The van der Waals surface area contributed by atoms with Crippen LogP contribution in [-0.4, -0.2) is 27.4 Å². The molecule has 0 bridgehead atoms. The van der Waals surface area contributed by atoms with Gasteiger partial charge in [0.05, 0.1) is 0 Å². The van der Waals surface area contributed by atoms with E-state index in [0.29, 0.717) is 6.04 Å². The van der Waals surface area contributed by atoms with Crippen LogP contribution in [0.15, 0.2) is 6.33 Å². The first-order valence-corrected chi connectivity index (χ1v) is 6.85. The largest absolute Gasteiger partial charge is 0.314 e. The molecule has 96 valence electrons. The quantitative estimate of drug-likeness (QED) is 0.786. The molecule has 1 atom stereocenters. The summed E-state index contributed by atoms with van der Waals surface area (Å²) in [5, 5.41) is 7.79. The molecule has 0 aliphatic heterocycles. The number of hydrogen-bond donors (Lipinski definition) is 1. The summed E-state index contributed by atoms with van der Waals surface area (Å²) in [5.74, 6) is 2.04. The van der Waals surface area contributed by atoms with E-state index in [0.717, 1.165) is 24.7 Å². The summed E-state index contributed by atoms with van der Waals surface area (Å²) in [7, 11) is 1.97. The van der Waals surface area contributed by atoms with Crippen LogP contribution < -0.4 is 5.32 Å². The second-order valence-electron chi connectivity index (χ2n) is 5.19. The van der Waals surface area contributed by atoms with Gasteiger partial charge in [-0.15, -0.1) is 0 Å². The number of aromatic nitrogens is 3. The van der Waals surface area contributed by atoms with Crippen molar-refractivity contribution in [2.75, 3.05) is 6.54 Å². The fourth-order valence-corrected chi connectivity index (χ4v) is 2.44. The van der Waals surface area contributed by atoms with Crippen LogP contribution in [0.2, 0.25) is 0 Å². The Bertz CT molecular complexity index is 330. The number of nitrogens with one attached hydrogen (secondary N) is 1. The lowest BCUT2D eigenvalue weighted by molar-refractivity contribution is 0.257. The Labute approximate surface area is 104 Å². The first-order valence-electron chi connectivity index (χ1n) is 6.85. The molecule has 0 saturated heterocycles. The van der Waals surface area contributed by atoms with Crippen molar-refractivity contribution in [1.29, 1.82) is 0 Å². The van der Waals surface area contributed by atoms with E-state index in [1.54, 1.807) is 6.33 Å². The van der Waals surface area contributed by atoms with E-state index in [-0.39, 0.29) is 0 Å². The Morgan fingerprint density at radius 2 is 2.35 bits per heavy atom. The molecule has 4 nitrogen and oxygen atoms in total. The fourth-order valence-electron chi connectivity index (χ4n) is 2.44. The number of aryl methyl sites for hydroxylation is 1. The average Bonchev–Trinajstić information content (AvgIpc) is 2.65. The molecule has 1 fully saturated rings. The highest BCUT2D eigenvalue weighted by atomic mass is 15.3. The molecular formula is C13H24N4. The van der Waals surface area contributed by atoms with E-state index in [1.165, 1.54) is 32.1 Å². The molecule has 0 aromatic carbocycles. The van der Waals surface area contributed by atoms with Gasteiger partial charge in [0.25, 0.3) is 0 Å². The summed E-state index contributed by atoms with van der Waals surface area (Å²) in [6.07, 6.45) is 9.41. The van der Waals surface area contributed by atoms with E-state index in [4.69, 9.17) is 0 Å². The van der Waals surface area contributed by atoms with Gasteiger partial charge in [-0.2, -0.15) is 5.10 Å². The van der Waals surface area contributed by atoms with Crippen molar-refractivity contribution in [2.45, 2.75) is 51.5 Å². The van der Waals surface area contributed by atoms with Crippen molar-refractivity contribution in [2.24, 2.45) is 13.0 Å². The van der Waals surface area contributed by atoms with Crippen LogP contribution in [0, 0.1) is 5.92 Å².